The quantitative estimate of drug-likeness (QED) is 0.0117. The van der Waals surface area contributed by atoms with Gasteiger partial charge in [0, 0.05) is 19.3 Å². The number of unbranched alkanes of at least 4 members (excludes halogenated alkanes) is 40. The average molecular weight is 1500 g/mol. The molecular formula is C78H147O24P. The molecule has 0 radical (unpaired) electrons. The Morgan fingerprint density at radius 2 is 0.680 bits per heavy atom. The molecule has 0 amide bonds. The van der Waals surface area contributed by atoms with Gasteiger partial charge in [0.15, 0.2) is 18.7 Å². The first kappa shape index (κ1) is 95.2. The number of ether oxygens (including phenoxy) is 7. The molecule has 3 aliphatic rings. The molecule has 0 aromatic rings. The van der Waals surface area contributed by atoms with E-state index in [9.17, 15) is 74.9 Å². The minimum absolute atomic E-state index is 0.0311. The van der Waals surface area contributed by atoms with Gasteiger partial charge in [0.05, 0.1) is 13.2 Å². The molecule has 3 fully saturated rings. The van der Waals surface area contributed by atoms with Gasteiger partial charge in [0.2, 0.25) is 0 Å². The second kappa shape index (κ2) is 58.9. The number of aliphatic hydroxyl groups excluding tert-OH is 10. The Balaban J connectivity index is 1.70. The molecule has 0 aromatic carbocycles. The predicted octanol–water partition coefficient (Wildman–Crippen LogP) is 12.8. The zero-order valence-corrected chi connectivity index (χ0v) is 64.9. The second-order valence-electron chi connectivity index (χ2n) is 30.1. The summed E-state index contributed by atoms with van der Waals surface area (Å²) in [6.07, 6.45) is 17.1. The van der Waals surface area contributed by atoms with E-state index in [-0.39, 0.29) is 19.3 Å². The number of hydrogen-bond donors (Lipinski definition) is 11. The van der Waals surface area contributed by atoms with Crippen molar-refractivity contribution in [3.8, 4) is 0 Å². The predicted molar refractivity (Wildman–Crippen MR) is 393 cm³/mol. The van der Waals surface area contributed by atoms with E-state index in [1.54, 1.807) is 0 Å². The SMILES string of the molecule is CCCCCCCCCCCCCCCCCCCC(=O)OCC(COP(=O)(O)OC1C(OC2OC(CO)C(O)C(O)C2O)C(O)C(O)C(O)C1OC1OC(COC(=O)CCCCCCCCC(C)CCCCCCCC)C(O)C(O)C1O)OC(=O)CCCCCCCCCCCCCCCCC. The van der Waals surface area contributed by atoms with Gasteiger partial charge in [0.25, 0.3) is 0 Å². The van der Waals surface area contributed by atoms with E-state index in [0.29, 0.717) is 25.2 Å². The van der Waals surface area contributed by atoms with E-state index in [4.69, 9.17) is 42.2 Å². The van der Waals surface area contributed by atoms with Crippen molar-refractivity contribution in [2.24, 2.45) is 5.92 Å². The summed E-state index contributed by atoms with van der Waals surface area (Å²) in [5.41, 5.74) is 0. The molecular weight excluding hydrogens is 1350 g/mol. The van der Waals surface area contributed by atoms with Crippen molar-refractivity contribution in [2.75, 3.05) is 26.4 Å². The number of esters is 3. The Morgan fingerprint density at radius 3 is 1.05 bits per heavy atom. The van der Waals surface area contributed by atoms with Crippen LogP contribution < -0.4 is 0 Å². The van der Waals surface area contributed by atoms with Crippen molar-refractivity contribution in [1.29, 1.82) is 0 Å². The van der Waals surface area contributed by atoms with Crippen LogP contribution in [0.15, 0.2) is 0 Å². The number of phosphoric ester groups is 1. The van der Waals surface area contributed by atoms with Crippen molar-refractivity contribution in [3.05, 3.63) is 0 Å². The van der Waals surface area contributed by atoms with E-state index in [1.165, 1.54) is 186 Å². The van der Waals surface area contributed by atoms with Crippen LogP contribution in [0.5, 0.6) is 0 Å². The molecule has 19 unspecified atom stereocenters. The van der Waals surface area contributed by atoms with Crippen LogP contribution >= 0.6 is 7.82 Å². The Kier molecular flexibility index (Phi) is 54.4. The zero-order valence-electron chi connectivity index (χ0n) is 64.0. The van der Waals surface area contributed by atoms with Crippen LogP contribution in [-0.4, -0.2) is 204 Å². The van der Waals surface area contributed by atoms with E-state index in [2.05, 4.69) is 27.7 Å². The molecule has 0 spiro atoms. The third-order valence-corrected chi connectivity index (χ3v) is 21.8. The van der Waals surface area contributed by atoms with Gasteiger partial charge >= 0.3 is 25.7 Å². The molecule has 0 bridgehead atoms. The Morgan fingerprint density at radius 1 is 0.369 bits per heavy atom. The number of rotatable bonds is 65. The van der Waals surface area contributed by atoms with Crippen LogP contribution in [0.25, 0.3) is 0 Å². The third-order valence-electron chi connectivity index (χ3n) is 20.8. The normalized spacial score (nSPS) is 27.1. The summed E-state index contributed by atoms with van der Waals surface area (Å²) in [5.74, 6) is -1.27. The van der Waals surface area contributed by atoms with E-state index in [0.717, 1.165) is 89.9 Å². The highest BCUT2D eigenvalue weighted by Crippen LogP contribution is 2.49. The third kappa shape index (κ3) is 41.5. The Hall–Kier alpha value is -2.04. The number of aliphatic hydroxyl groups is 10. The van der Waals surface area contributed by atoms with Gasteiger partial charge in [-0.2, -0.15) is 0 Å². The molecule has 19 atom stereocenters. The Bertz CT molecular complexity index is 2130. The van der Waals surface area contributed by atoms with Crippen molar-refractivity contribution in [2.45, 2.75) is 446 Å². The van der Waals surface area contributed by atoms with Crippen molar-refractivity contribution >= 4 is 25.7 Å². The lowest BCUT2D eigenvalue weighted by Crippen LogP contribution is -2.69. The van der Waals surface area contributed by atoms with Gasteiger partial charge in [-0.1, -0.05) is 304 Å². The first-order chi connectivity index (χ1) is 49.7. The zero-order chi connectivity index (χ0) is 75.5. The molecule has 1 saturated carbocycles. The molecule has 3 rings (SSSR count). The van der Waals surface area contributed by atoms with Crippen LogP contribution in [0, 0.1) is 5.92 Å². The van der Waals surface area contributed by atoms with Gasteiger partial charge in [-0.15, -0.1) is 0 Å². The summed E-state index contributed by atoms with van der Waals surface area (Å²) in [5, 5.41) is 110. The number of hydrogen-bond acceptors (Lipinski definition) is 23. The summed E-state index contributed by atoms with van der Waals surface area (Å²) in [6, 6.07) is 0. The summed E-state index contributed by atoms with van der Waals surface area (Å²) < 4.78 is 65.3. The molecule has 2 heterocycles. The first-order valence-electron chi connectivity index (χ1n) is 41.2. The fraction of sp³-hybridized carbons (Fsp3) is 0.962. The van der Waals surface area contributed by atoms with Crippen LogP contribution in [0.3, 0.4) is 0 Å². The van der Waals surface area contributed by atoms with Gasteiger partial charge in [-0.25, -0.2) is 4.57 Å². The topological polar surface area (TPSA) is 374 Å². The van der Waals surface area contributed by atoms with Gasteiger partial charge in [-0.3, -0.25) is 23.4 Å². The van der Waals surface area contributed by atoms with Gasteiger partial charge < -0.3 is 89.1 Å². The van der Waals surface area contributed by atoms with Crippen LogP contribution in [0.2, 0.25) is 0 Å². The maximum atomic E-state index is 14.4. The van der Waals surface area contributed by atoms with Crippen molar-refractivity contribution in [1.82, 2.24) is 0 Å². The highest BCUT2D eigenvalue weighted by atomic mass is 31.2. The van der Waals surface area contributed by atoms with E-state index in [1.807, 2.05) is 0 Å². The second-order valence-corrected chi connectivity index (χ2v) is 31.5. The molecule has 2 saturated heterocycles. The first-order valence-corrected chi connectivity index (χ1v) is 42.7. The van der Waals surface area contributed by atoms with E-state index >= 15 is 0 Å². The molecule has 24 nitrogen and oxygen atoms in total. The maximum Gasteiger partial charge on any atom is 0.472 e. The van der Waals surface area contributed by atoms with Gasteiger partial charge in [-0.05, 0) is 25.2 Å². The van der Waals surface area contributed by atoms with Crippen molar-refractivity contribution in [3.63, 3.8) is 0 Å². The van der Waals surface area contributed by atoms with Crippen LogP contribution in [0.4, 0.5) is 0 Å². The Labute approximate surface area is 619 Å². The largest absolute Gasteiger partial charge is 0.472 e. The summed E-state index contributed by atoms with van der Waals surface area (Å²) >= 11 is 0. The lowest BCUT2D eigenvalue weighted by molar-refractivity contribution is -0.360. The fourth-order valence-electron chi connectivity index (χ4n) is 14.0. The lowest BCUT2D eigenvalue weighted by Gasteiger charge is -2.49. The molecule has 11 N–H and O–H groups in total. The number of carbonyl (C=O) groups is 3. The van der Waals surface area contributed by atoms with Crippen LogP contribution in [-0.2, 0) is 61.2 Å². The van der Waals surface area contributed by atoms with Gasteiger partial charge in [0.1, 0.15) is 98.7 Å². The minimum Gasteiger partial charge on any atom is -0.463 e. The van der Waals surface area contributed by atoms with Crippen molar-refractivity contribution < 1.29 is 117 Å². The number of carbonyl (C=O) groups excluding carboxylic acids is 3. The highest BCUT2D eigenvalue weighted by Gasteiger charge is 2.58. The molecule has 608 valence electrons. The summed E-state index contributed by atoms with van der Waals surface area (Å²) in [7, 11) is -5.70. The van der Waals surface area contributed by atoms with Crippen LogP contribution in [0.1, 0.15) is 342 Å². The highest BCUT2D eigenvalue weighted by molar-refractivity contribution is 7.47. The molecule has 2 aliphatic heterocycles. The lowest BCUT2D eigenvalue weighted by atomic mass is 9.84. The summed E-state index contributed by atoms with van der Waals surface area (Å²) in [4.78, 5) is 51.2. The average Bonchev–Trinajstić information content (AvgIpc) is 0.762. The standard InChI is InChI=1S/C78H147O24P/c1-5-8-11-14-17-19-21-23-25-26-28-29-31-33-35-41-46-51-62(80)94-55-59(97-64(82)53-48-43-36-34-32-30-27-24-22-20-18-15-12-9-6-2)56-96-103(92,93)102-76-74(100-77-72(90)67(85)65(83)60(54-79)98-77)70(88)69(87)71(89)75(76)101-78-73(91)68(86)66(84)61(99-78)57-95-63(81)52-47-42-38-37-40-45-50-58(4)49-44-39-16-13-10-7-3/h58-61,65-79,83-91H,5-57H2,1-4H3,(H,92,93). The molecule has 103 heavy (non-hydrogen) atoms. The molecule has 0 aromatic heterocycles. The minimum atomic E-state index is -5.70. The molecule has 25 heteroatoms. The summed E-state index contributed by atoms with van der Waals surface area (Å²) in [6.45, 7) is 5.83. The maximum absolute atomic E-state index is 14.4. The van der Waals surface area contributed by atoms with E-state index < -0.39 is 156 Å². The fourth-order valence-corrected chi connectivity index (χ4v) is 15.0. The smallest absolute Gasteiger partial charge is 0.463 e. The monoisotopic (exact) mass is 1500 g/mol. The molecule has 1 aliphatic carbocycles. The number of phosphoric acid groups is 1.